The number of benzene rings is 1. The van der Waals surface area contributed by atoms with Crippen molar-refractivity contribution in [3.63, 3.8) is 0 Å². The first kappa shape index (κ1) is 19.7. The molecule has 3 rings (SSSR count). The van der Waals surface area contributed by atoms with Gasteiger partial charge in [0.1, 0.15) is 11.9 Å². The fraction of sp³-hybridized carbons (Fsp3) is 0.471. The van der Waals surface area contributed by atoms with Crippen LogP contribution < -0.4 is 15.1 Å². The third-order valence-corrected chi connectivity index (χ3v) is 4.57. The van der Waals surface area contributed by atoms with E-state index in [9.17, 15) is 24.0 Å². The summed E-state index contributed by atoms with van der Waals surface area (Å²) in [5.41, 5.74) is 0.636. The number of hydrogen-bond acceptors (Lipinski definition) is 7. The highest BCUT2D eigenvalue weighted by molar-refractivity contribution is 5.90. The molecule has 0 bridgehead atoms. The van der Waals surface area contributed by atoms with Crippen molar-refractivity contribution in [2.45, 2.75) is 19.1 Å². The van der Waals surface area contributed by atoms with E-state index in [2.05, 4.69) is 10.1 Å². The second-order valence-corrected chi connectivity index (χ2v) is 6.57. The second kappa shape index (κ2) is 7.89. The molecule has 1 aromatic carbocycles. The Balaban J connectivity index is 1.61. The molecule has 0 saturated carbocycles. The predicted octanol–water partition coefficient (Wildman–Crippen LogP) is 1.04. The van der Waals surface area contributed by atoms with Crippen LogP contribution in [-0.2, 0) is 14.3 Å². The van der Waals surface area contributed by atoms with Crippen LogP contribution >= 0.6 is 0 Å². The number of hydrogen-bond donors (Lipinski definition) is 1. The Kier molecular flexibility index (Phi) is 5.54. The summed E-state index contributed by atoms with van der Waals surface area (Å²) in [6.07, 6.45) is -2.03. The number of anilines is 2. The maximum absolute atomic E-state index is 14.5. The molecular weight excluding hydrogens is 375 g/mol. The van der Waals surface area contributed by atoms with Gasteiger partial charge in [-0.2, -0.15) is 0 Å². The minimum Gasteiger partial charge on any atom is -0.756 e. The van der Waals surface area contributed by atoms with Crippen LogP contribution in [0.15, 0.2) is 18.2 Å². The van der Waals surface area contributed by atoms with Gasteiger partial charge in [-0.25, -0.2) is 14.0 Å². The highest BCUT2D eigenvalue weighted by Gasteiger charge is 2.34. The number of alkyl carbamates (subject to hydrolysis) is 1. The highest BCUT2D eigenvalue weighted by atomic mass is 19.1. The molecule has 0 aliphatic carbocycles. The van der Waals surface area contributed by atoms with E-state index in [1.54, 1.807) is 11.0 Å². The lowest BCUT2D eigenvalue weighted by Gasteiger charge is -2.41. The van der Waals surface area contributed by atoms with E-state index < -0.39 is 30.0 Å². The fourth-order valence-corrected chi connectivity index (χ4v) is 3.05. The van der Waals surface area contributed by atoms with Crippen LogP contribution in [0.2, 0.25) is 0 Å². The van der Waals surface area contributed by atoms with Crippen LogP contribution in [0.4, 0.5) is 25.4 Å². The number of ether oxygens (including phenoxy) is 2. The molecule has 1 atom stereocenters. The van der Waals surface area contributed by atoms with Gasteiger partial charge in [-0.3, -0.25) is 9.69 Å². The quantitative estimate of drug-likeness (QED) is 0.741. The van der Waals surface area contributed by atoms with Crippen LogP contribution in [0.5, 0.6) is 0 Å². The third kappa shape index (κ3) is 4.09. The number of halogens is 1. The Bertz CT molecular complexity index is 785. The number of nitrogens with zero attached hydrogens (tertiary/aromatic N) is 3. The zero-order valence-electron chi connectivity index (χ0n) is 15.4. The standard InChI is InChI=1S/C17H20FN4O6/c1-10(23)22(26)9-13-8-21(17(25)28-13)12-3-4-15(14(18)5-12)20-6-11(7-20)19-16(24)27-2/h3-5,11,13H,6-9H2,1-2H3,(H,19,24)/q-1/t13-/m0/s1. The number of methoxy groups -OCH3 is 1. The van der Waals surface area contributed by atoms with Gasteiger partial charge in [-0.05, 0) is 18.2 Å². The lowest BCUT2D eigenvalue weighted by atomic mass is 10.1. The van der Waals surface area contributed by atoms with E-state index in [-0.39, 0.29) is 24.2 Å². The van der Waals surface area contributed by atoms with E-state index in [0.29, 0.717) is 24.5 Å². The van der Waals surface area contributed by atoms with E-state index in [4.69, 9.17) is 4.74 Å². The smallest absolute Gasteiger partial charge is 0.414 e. The van der Waals surface area contributed by atoms with Crippen molar-refractivity contribution in [2.24, 2.45) is 0 Å². The molecule has 0 radical (unpaired) electrons. The van der Waals surface area contributed by atoms with Crippen molar-refractivity contribution in [2.75, 3.05) is 43.1 Å². The van der Waals surface area contributed by atoms with Gasteiger partial charge in [-0.15, -0.1) is 0 Å². The minimum absolute atomic E-state index is 0.0402. The van der Waals surface area contributed by atoms with Crippen LogP contribution in [0.25, 0.3) is 0 Å². The topological polar surface area (TPSA) is 114 Å². The van der Waals surface area contributed by atoms with Gasteiger partial charge in [0.15, 0.2) is 0 Å². The molecule has 11 heteroatoms. The predicted molar refractivity (Wildman–Crippen MR) is 96.3 cm³/mol. The Morgan fingerprint density at radius 1 is 1.39 bits per heavy atom. The van der Waals surface area contributed by atoms with Crippen LogP contribution in [0, 0.1) is 11.0 Å². The zero-order valence-corrected chi connectivity index (χ0v) is 15.4. The van der Waals surface area contributed by atoms with Gasteiger partial charge >= 0.3 is 12.2 Å². The van der Waals surface area contributed by atoms with Crippen molar-refractivity contribution in [3.8, 4) is 0 Å². The third-order valence-electron chi connectivity index (χ3n) is 4.57. The van der Waals surface area contributed by atoms with Crippen molar-refractivity contribution >= 4 is 29.5 Å². The summed E-state index contributed by atoms with van der Waals surface area (Å²) in [5, 5.41) is 14.3. The molecule has 10 nitrogen and oxygen atoms in total. The Morgan fingerprint density at radius 2 is 2.11 bits per heavy atom. The lowest BCUT2D eigenvalue weighted by Crippen LogP contribution is -2.59. The van der Waals surface area contributed by atoms with Gasteiger partial charge in [0, 0.05) is 26.6 Å². The van der Waals surface area contributed by atoms with Crippen LogP contribution in [-0.4, -0.2) is 68.6 Å². The molecule has 0 aromatic heterocycles. The summed E-state index contributed by atoms with van der Waals surface area (Å²) >= 11 is 0. The molecule has 0 spiro atoms. The van der Waals surface area contributed by atoms with E-state index in [1.807, 2.05) is 0 Å². The summed E-state index contributed by atoms with van der Waals surface area (Å²) < 4.78 is 24.1. The largest absolute Gasteiger partial charge is 0.756 e. The summed E-state index contributed by atoms with van der Waals surface area (Å²) in [6.45, 7) is 1.75. The monoisotopic (exact) mass is 395 g/mol. The molecule has 2 aliphatic rings. The first-order chi connectivity index (χ1) is 13.3. The van der Waals surface area contributed by atoms with Gasteiger partial charge < -0.3 is 30.0 Å². The number of rotatable bonds is 5. The summed E-state index contributed by atoms with van der Waals surface area (Å²) in [4.78, 5) is 37.2. The van der Waals surface area contributed by atoms with E-state index in [1.165, 1.54) is 24.1 Å². The summed E-state index contributed by atoms with van der Waals surface area (Å²) in [5.74, 6) is -1.21. The fourth-order valence-electron chi connectivity index (χ4n) is 3.05. The minimum atomic E-state index is -0.780. The molecule has 1 aromatic rings. The highest BCUT2D eigenvalue weighted by Crippen LogP contribution is 2.30. The normalized spacial score (nSPS) is 19.1. The number of nitrogens with one attached hydrogen (secondary N) is 1. The number of hydroxylamine groups is 2. The summed E-state index contributed by atoms with van der Waals surface area (Å²) in [7, 11) is 1.27. The molecular formula is C17H20FN4O6-. The van der Waals surface area contributed by atoms with Gasteiger partial charge in [0.05, 0.1) is 31.1 Å². The number of carbonyl (C=O) groups excluding carboxylic acids is 3. The van der Waals surface area contributed by atoms with Gasteiger partial charge in [0.25, 0.3) is 0 Å². The molecule has 2 heterocycles. The van der Waals surface area contributed by atoms with Gasteiger partial charge in [-0.1, -0.05) is 0 Å². The van der Waals surface area contributed by atoms with Crippen LogP contribution in [0.3, 0.4) is 0 Å². The van der Waals surface area contributed by atoms with Crippen molar-refractivity contribution in [1.29, 1.82) is 0 Å². The Hall–Kier alpha value is -3.08. The molecule has 1 N–H and O–H groups in total. The van der Waals surface area contributed by atoms with Gasteiger partial charge in [0.2, 0.25) is 5.91 Å². The van der Waals surface area contributed by atoms with Crippen LogP contribution in [0.1, 0.15) is 6.92 Å². The maximum atomic E-state index is 14.5. The van der Waals surface area contributed by atoms with Crippen molar-refractivity contribution < 1.29 is 28.2 Å². The molecule has 0 unspecified atom stereocenters. The summed E-state index contributed by atoms with van der Waals surface area (Å²) in [6, 6.07) is 4.19. The maximum Gasteiger partial charge on any atom is 0.414 e. The Labute approximate surface area is 160 Å². The zero-order chi connectivity index (χ0) is 20.4. The number of amides is 3. The van der Waals surface area contributed by atoms with E-state index in [0.717, 1.165) is 6.92 Å². The average molecular weight is 395 g/mol. The number of cyclic esters (lactones) is 1. The SMILES string of the molecule is COC(=O)NC1CN(c2ccc(N3C[C@@H](CN([O-])C(C)=O)OC3=O)cc2F)C1. The molecule has 152 valence electrons. The molecule has 2 aliphatic heterocycles. The first-order valence-electron chi connectivity index (χ1n) is 8.61. The number of carbonyl (C=O) groups is 3. The van der Waals surface area contributed by atoms with E-state index >= 15 is 0 Å². The molecule has 2 saturated heterocycles. The second-order valence-electron chi connectivity index (χ2n) is 6.57. The molecule has 3 amide bonds. The molecule has 2 fully saturated rings. The van der Waals surface area contributed by atoms with Crippen molar-refractivity contribution in [1.82, 2.24) is 10.4 Å². The lowest BCUT2D eigenvalue weighted by molar-refractivity contribution is -0.127. The molecule has 28 heavy (non-hydrogen) atoms. The first-order valence-corrected chi connectivity index (χ1v) is 8.61. The van der Waals surface area contributed by atoms with Crippen molar-refractivity contribution in [3.05, 3.63) is 29.2 Å². The Morgan fingerprint density at radius 3 is 2.71 bits per heavy atom. The average Bonchev–Trinajstić information content (AvgIpc) is 2.98.